The Bertz CT molecular complexity index is 1230. The van der Waals surface area contributed by atoms with Crippen molar-refractivity contribution in [2.45, 2.75) is 19.3 Å². The van der Waals surface area contributed by atoms with Crippen LogP contribution in [0.25, 0.3) is 28.0 Å². The fourth-order valence-electron chi connectivity index (χ4n) is 4.28. The molecule has 7 nitrogen and oxygen atoms in total. The van der Waals surface area contributed by atoms with Gasteiger partial charge < -0.3 is 15.0 Å². The van der Waals surface area contributed by atoms with Crippen molar-refractivity contribution in [3.8, 4) is 22.4 Å². The van der Waals surface area contributed by atoms with Crippen LogP contribution in [-0.4, -0.2) is 52.9 Å². The van der Waals surface area contributed by atoms with Gasteiger partial charge in [0.25, 0.3) is 0 Å². The minimum atomic E-state index is -0.0664. The molecule has 1 atom stereocenters. The number of aromatic nitrogens is 3. The Morgan fingerprint density at radius 2 is 2.14 bits per heavy atom. The number of cyclic esters (lactones) is 1. The largest absolute Gasteiger partial charge is 0.465 e. The predicted octanol–water partition coefficient (Wildman–Crippen LogP) is 4.99. The first-order chi connectivity index (χ1) is 16.9. The Balaban J connectivity index is 1.59. The third kappa shape index (κ3) is 5.98. The van der Waals surface area contributed by atoms with E-state index in [9.17, 15) is 4.79 Å². The van der Waals surface area contributed by atoms with Crippen LogP contribution < -0.4 is 5.32 Å². The first kappa shape index (κ1) is 24.3. The number of aryl methyl sites for hydroxylation is 1. The average molecular weight is 472 g/mol. The van der Waals surface area contributed by atoms with Crippen molar-refractivity contribution in [1.29, 1.82) is 0 Å². The van der Waals surface area contributed by atoms with E-state index in [1.165, 1.54) is 0 Å². The zero-order valence-electron chi connectivity index (χ0n) is 20.7. The second kappa shape index (κ2) is 11.0. The lowest BCUT2D eigenvalue weighted by atomic mass is 10.0. The monoisotopic (exact) mass is 471 g/mol. The van der Waals surface area contributed by atoms with Crippen molar-refractivity contribution >= 4 is 17.4 Å². The van der Waals surface area contributed by atoms with Crippen LogP contribution in [0.2, 0.25) is 0 Å². The number of rotatable bonds is 10. The highest BCUT2D eigenvalue weighted by Crippen LogP contribution is 2.31. The topological polar surface area (TPSA) is 72.3 Å². The molecule has 2 aromatic heterocycles. The molecule has 3 aromatic rings. The van der Waals surface area contributed by atoms with E-state index in [-0.39, 0.29) is 11.9 Å². The number of carbonyl (C=O) groups is 1. The molecular formula is C28H33N5O2. The van der Waals surface area contributed by atoms with Crippen LogP contribution in [0, 0.1) is 5.92 Å². The third-order valence-electron chi connectivity index (χ3n) is 6.09. The summed E-state index contributed by atoms with van der Waals surface area (Å²) in [6, 6.07) is 12.5. The number of allylic oxidation sites excluding steroid dienone is 2. The van der Waals surface area contributed by atoms with Gasteiger partial charge in [0.15, 0.2) is 0 Å². The molecule has 182 valence electrons. The molecule has 1 aromatic carbocycles. The van der Waals surface area contributed by atoms with Crippen LogP contribution in [0.4, 0.5) is 5.82 Å². The van der Waals surface area contributed by atoms with E-state index in [0.717, 1.165) is 65.1 Å². The van der Waals surface area contributed by atoms with Gasteiger partial charge in [-0.05, 0) is 48.6 Å². The van der Waals surface area contributed by atoms with Crippen molar-refractivity contribution in [3.63, 3.8) is 0 Å². The molecule has 35 heavy (non-hydrogen) atoms. The Morgan fingerprint density at radius 1 is 1.29 bits per heavy atom. The van der Waals surface area contributed by atoms with E-state index in [1.807, 2.05) is 56.6 Å². The Kier molecular flexibility index (Phi) is 7.65. The quantitative estimate of drug-likeness (QED) is 0.255. The number of anilines is 1. The molecule has 7 heteroatoms. The van der Waals surface area contributed by atoms with Crippen LogP contribution in [-0.2, 0) is 16.6 Å². The molecule has 1 fully saturated rings. The highest BCUT2D eigenvalue weighted by atomic mass is 16.5. The number of nitrogens with one attached hydrogen (secondary N) is 1. The molecule has 1 aliphatic rings. The molecular weight excluding hydrogens is 438 g/mol. The molecule has 3 heterocycles. The minimum Gasteiger partial charge on any atom is -0.465 e. The maximum atomic E-state index is 11.8. The first-order valence-corrected chi connectivity index (χ1v) is 12.0. The fraction of sp³-hybridized carbons (Fsp3) is 0.321. The van der Waals surface area contributed by atoms with Gasteiger partial charge in [-0.1, -0.05) is 30.9 Å². The molecule has 1 aliphatic heterocycles. The van der Waals surface area contributed by atoms with Gasteiger partial charge in [0.2, 0.25) is 0 Å². The van der Waals surface area contributed by atoms with Crippen molar-refractivity contribution < 1.29 is 9.53 Å². The molecule has 0 radical (unpaired) electrons. The van der Waals surface area contributed by atoms with E-state index in [1.54, 1.807) is 4.68 Å². The Morgan fingerprint density at radius 3 is 2.83 bits per heavy atom. The number of benzene rings is 1. The van der Waals surface area contributed by atoms with Crippen molar-refractivity contribution in [2.75, 3.05) is 32.6 Å². The summed E-state index contributed by atoms with van der Waals surface area (Å²) in [4.78, 5) is 18.8. The maximum Gasteiger partial charge on any atom is 0.309 e. The number of esters is 1. The first-order valence-electron chi connectivity index (χ1n) is 12.0. The molecule has 0 bridgehead atoms. The Labute approximate surface area is 207 Å². The molecule has 0 saturated carbocycles. The lowest BCUT2D eigenvalue weighted by Gasteiger charge is -2.14. The van der Waals surface area contributed by atoms with Gasteiger partial charge in [0, 0.05) is 56.8 Å². The number of hydrogen-bond donors (Lipinski definition) is 1. The zero-order valence-corrected chi connectivity index (χ0v) is 20.7. The van der Waals surface area contributed by atoms with Gasteiger partial charge in [-0.25, -0.2) is 4.98 Å². The fourth-order valence-corrected chi connectivity index (χ4v) is 4.28. The van der Waals surface area contributed by atoms with Gasteiger partial charge in [0.1, 0.15) is 5.82 Å². The average Bonchev–Trinajstić information content (AvgIpc) is 3.47. The van der Waals surface area contributed by atoms with E-state index in [0.29, 0.717) is 6.61 Å². The van der Waals surface area contributed by atoms with E-state index >= 15 is 0 Å². The number of ether oxygens (including phenoxy) is 1. The molecule has 0 amide bonds. The van der Waals surface area contributed by atoms with E-state index < -0.39 is 0 Å². The Hall–Kier alpha value is -3.87. The van der Waals surface area contributed by atoms with Crippen molar-refractivity contribution in [2.24, 2.45) is 13.0 Å². The summed E-state index contributed by atoms with van der Waals surface area (Å²) < 4.78 is 6.87. The van der Waals surface area contributed by atoms with E-state index in [2.05, 4.69) is 47.5 Å². The van der Waals surface area contributed by atoms with Crippen LogP contribution >= 0.6 is 0 Å². The smallest absolute Gasteiger partial charge is 0.309 e. The number of nitrogens with zero attached hydrogens (tertiary/aromatic N) is 4. The van der Waals surface area contributed by atoms with Crippen molar-refractivity contribution in [1.82, 2.24) is 19.7 Å². The second-order valence-corrected chi connectivity index (χ2v) is 9.05. The molecule has 1 saturated heterocycles. The van der Waals surface area contributed by atoms with E-state index in [4.69, 9.17) is 9.72 Å². The second-order valence-electron chi connectivity index (χ2n) is 9.05. The van der Waals surface area contributed by atoms with Gasteiger partial charge in [-0.15, -0.1) is 0 Å². The highest BCUT2D eigenvalue weighted by molar-refractivity contribution is 5.80. The standard InChI is InChI=1S/C28H33N5O2/c1-5-20(18-32(2)3)22-8-6-9-23(16-22)26-12-11-25(24-17-30-33(4)19-24)27(31-26)29-14-7-10-21-13-15-35-28(21)34/h5-6,8-9,11-12,16-19,21H,1,7,10,13-15H2,2-4H3,(H,29,31)/b20-18+. The van der Waals surface area contributed by atoms with Gasteiger partial charge in [0.05, 0.1) is 24.4 Å². The highest BCUT2D eigenvalue weighted by Gasteiger charge is 2.25. The van der Waals surface area contributed by atoms with Gasteiger partial charge >= 0.3 is 5.97 Å². The summed E-state index contributed by atoms with van der Waals surface area (Å²) in [6.07, 6.45) is 10.3. The van der Waals surface area contributed by atoms with Gasteiger partial charge in [-0.2, -0.15) is 5.10 Å². The third-order valence-corrected chi connectivity index (χ3v) is 6.09. The summed E-state index contributed by atoms with van der Waals surface area (Å²) >= 11 is 0. The molecule has 0 spiro atoms. The predicted molar refractivity (Wildman–Crippen MR) is 141 cm³/mol. The van der Waals surface area contributed by atoms with Crippen LogP contribution in [0.5, 0.6) is 0 Å². The number of hydrogen-bond acceptors (Lipinski definition) is 6. The minimum absolute atomic E-state index is 0.0194. The lowest BCUT2D eigenvalue weighted by molar-refractivity contribution is -0.141. The zero-order chi connectivity index (χ0) is 24.8. The van der Waals surface area contributed by atoms with Gasteiger partial charge in [-0.3, -0.25) is 9.48 Å². The van der Waals surface area contributed by atoms with Crippen LogP contribution in [0.3, 0.4) is 0 Å². The summed E-state index contributed by atoms with van der Waals surface area (Å²) in [5.41, 5.74) is 6.05. The van der Waals surface area contributed by atoms with Crippen molar-refractivity contribution in [3.05, 3.63) is 73.2 Å². The maximum absolute atomic E-state index is 11.8. The normalized spacial score (nSPS) is 15.7. The van der Waals surface area contributed by atoms with Crippen LogP contribution in [0.15, 0.2) is 67.6 Å². The summed E-state index contributed by atoms with van der Waals surface area (Å²) in [6.45, 7) is 5.24. The number of pyridine rings is 1. The summed E-state index contributed by atoms with van der Waals surface area (Å²) in [5.74, 6) is 0.761. The summed E-state index contributed by atoms with van der Waals surface area (Å²) in [7, 11) is 5.91. The summed E-state index contributed by atoms with van der Waals surface area (Å²) in [5, 5.41) is 7.84. The molecule has 4 rings (SSSR count). The SMILES string of the molecule is C=C/C(=C\N(C)C)c1cccc(-c2ccc(-c3cnn(C)c3)c(NCCCC3CCOC3=O)n2)c1. The molecule has 1 N–H and O–H groups in total. The number of carbonyl (C=O) groups excluding carboxylic acids is 1. The van der Waals surface area contributed by atoms with Crippen LogP contribution in [0.1, 0.15) is 24.8 Å². The molecule has 1 unspecified atom stereocenters. The molecule has 0 aliphatic carbocycles. The lowest BCUT2D eigenvalue weighted by Crippen LogP contribution is -2.11.